The lowest BCUT2D eigenvalue weighted by molar-refractivity contribution is 0.239. The SMILES string of the molecule is CC1NC(=O)NN=C1c1ccc2sc(=O)n(C)c2c1. The van der Waals surface area contributed by atoms with E-state index in [2.05, 4.69) is 15.8 Å². The van der Waals surface area contributed by atoms with Crippen LogP contribution in [0, 0.1) is 0 Å². The van der Waals surface area contributed by atoms with Crippen LogP contribution in [0.5, 0.6) is 0 Å². The number of aromatic nitrogens is 1. The number of benzene rings is 1. The molecule has 1 unspecified atom stereocenters. The molecule has 0 fully saturated rings. The molecule has 98 valence electrons. The van der Waals surface area contributed by atoms with Crippen LogP contribution >= 0.6 is 11.3 Å². The average molecular weight is 276 g/mol. The molecule has 1 aliphatic heterocycles. The third-order valence-electron chi connectivity index (χ3n) is 3.12. The van der Waals surface area contributed by atoms with E-state index < -0.39 is 0 Å². The fraction of sp³-hybridized carbons (Fsp3) is 0.250. The maximum atomic E-state index is 11.6. The standard InChI is InChI=1S/C12H12N4O2S/c1-6-10(14-15-11(17)13-6)7-3-4-9-8(5-7)16(2)12(18)19-9/h3-6H,1-2H3,(H2,13,15,17). The summed E-state index contributed by atoms with van der Waals surface area (Å²) in [5.74, 6) is 0. The number of thiazole rings is 1. The Morgan fingerprint density at radius 2 is 2.16 bits per heavy atom. The van der Waals surface area contributed by atoms with Crippen LogP contribution in [0.1, 0.15) is 12.5 Å². The van der Waals surface area contributed by atoms with Crippen molar-refractivity contribution in [1.82, 2.24) is 15.3 Å². The average Bonchev–Trinajstić information content (AvgIpc) is 2.65. The van der Waals surface area contributed by atoms with Gasteiger partial charge in [-0.05, 0) is 19.1 Å². The van der Waals surface area contributed by atoms with Crippen LogP contribution in [-0.2, 0) is 7.05 Å². The van der Waals surface area contributed by atoms with Gasteiger partial charge in [0.15, 0.2) is 0 Å². The first-order chi connectivity index (χ1) is 9.06. The van der Waals surface area contributed by atoms with Gasteiger partial charge in [0.2, 0.25) is 0 Å². The molecule has 3 rings (SSSR count). The van der Waals surface area contributed by atoms with E-state index in [4.69, 9.17) is 0 Å². The fourth-order valence-corrected chi connectivity index (χ4v) is 2.97. The Balaban J connectivity index is 2.13. The van der Waals surface area contributed by atoms with E-state index in [1.807, 2.05) is 25.1 Å². The molecule has 1 atom stereocenters. The van der Waals surface area contributed by atoms with Crippen molar-refractivity contribution in [2.24, 2.45) is 12.1 Å². The lowest BCUT2D eigenvalue weighted by Crippen LogP contribution is -2.48. The van der Waals surface area contributed by atoms with E-state index in [-0.39, 0.29) is 16.9 Å². The number of urea groups is 1. The van der Waals surface area contributed by atoms with Crippen LogP contribution in [0.15, 0.2) is 28.1 Å². The molecule has 1 aromatic carbocycles. The van der Waals surface area contributed by atoms with E-state index in [0.29, 0.717) is 0 Å². The summed E-state index contributed by atoms with van der Waals surface area (Å²) in [5.41, 5.74) is 4.92. The smallest absolute Gasteiger partial charge is 0.328 e. The molecule has 6 nitrogen and oxygen atoms in total. The number of carbonyl (C=O) groups excluding carboxylic acids is 1. The first kappa shape index (κ1) is 11.9. The molecular weight excluding hydrogens is 264 g/mol. The number of hydrazone groups is 1. The summed E-state index contributed by atoms with van der Waals surface area (Å²) in [6.07, 6.45) is 0. The number of hydrogen-bond acceptors (Lipinski definition) is 4. The topological polar surface area (TPSA) is 75.5 Å². The summed E-state index contributed by atoms with van der Waals surface area (Å²) in [6.45, 7) is 1.87. The van der Waals surface area contributed by atoms with Gasteiger partial charge in [-0.15, -0.1) is 0 Å². The van der Waals surface area contributed by atoms with Gasteiger partial charge in [-0.3, -0.25) is 4.79 Å². The zero-order valence-electron chi connectivity index (χ0n) is 10.4. The van der Waals surface area contributed by atoms with Crippen LogP contribution in [0.4, 0.5) is 4.79 Å². The minimum absolute atomic E-state index is 0.0113. The molecule has 0 radical (unpaired) electrons. The van der Waals surface area contributed by atoms with E-state index in [1.165, 1.54) is 11.3 Å². The predicted octanol–water partition coefficient (Wildman–Crippen LogP) is 1.01. The summed E-state index contributed by atoms with van der Waals surface area (Å²) in [4.78, 5) is 22.8. The molecule has 7 heteroatoms. The Labute approximate surface area is 112 Å². The van der Waals surface area contributed by atoms with Gasteiger partial charge in [-0.2, -0.15) is 5.10 Å². The highest BCUT2D eigenvalue weighted by atomic mass is 32.1. The van der Waals surface area contributed by atoms with Crippen LogP contribution in [0.3, 0.4) is 0 Å². The van der Waals surface area contributed by atoms with E-state index >= 15 is 0 Å². The first-order valence-electron chi connectivity index (χ1n) is 5.80. The third-order valence-corrected chi connectivity index (χ3v) is 4.14. The Morgan fingerprint density at radius 3 is 2.89 bits per heavy atom. The summed E-state index contributed by atoms with van der Waals surface area (Å²) in [5, 5.41) is 6.82. The zero-order valence-corrected chi connectivity index (χ0v) is 11.2. The van der Waals surface area contributed by atoms with Crippen molar-refractivity contribution in [2.45, 2.75) is 13.0 Å². The molecule has 0 bridgehead atoms. The number of fused-ring (bicyclic) bond motifs is 1. The van der Waals surface area contributed by atoms with Gasteiger partial charge in [-0.25, -0.2) is 10.2 Å². The van der Waals surface area contributed by atoms with Gasteiger partial charge in [0.1, 0.15) is 0 Å². The van der Waals surface area contributed by atoms with E-state index in [0.717, 1.165) is 21.5 Å². The second kappa shape index (κ2) is 4.20. The molecule has 1 aromatic heterocycles. The summed E-state index contributed by atoms with van der Waals surface area (Å²) >= 11 is 1.22. The van der Waals surface area contributed by atoms with Crippen molar-refractivity contribution in [3.63, 3.8) is 0 Å². The maximum absolute atomic E-state index is 11.6. The number of aryl methyl sites for hydroxylation is 1. The highest BCUT2D eigenvalue weighted by molar-refractivity contribution is 7.16. The Kier molecular flexibility index (Phi) is 2.63. The second-order valence-corrected chi connectivity index (χ2v) is 5.41. The Hall–Kier alpha value is -2.15. The molecule has 0 saturated carbocycles. The van der Waals surface area contributed by atoms with E-state index in [1.54, 1.807) is 11.6 Å². The van der Waals surface area contributed by atoms with Gasteiger partial charge in [0, 0.05) is 12.6 Å². The third kappa shape index (κ3) is 1.91. The second-order valence-electron chi connectivity index (χ2n) is 4.41. The van der Waals surface area contributed by atoms with Crippen LogP contribution < -0.4 is 15.6 Å². The lowest BCUT2D eigenvalue weighted by Gasteiger charge is -2.21. The monoisotopic (exact) mass is 276 g/mol. The molecule has 2 amide bonds. The number of hydrogen-bond donors (Lipinski definition) is 2. The predicted molar refractivity (Wildman–Crippen MR) is 74.7 cm³/mol. The fourth-order valence-electron chi connectivity index (χ4n) is 2.11. The van der Waals surface area contributed by atoms with Gasteiger partial charge in [0.05, 0.1) is 22.0 Å². The van der Waals surface area contributed by atoms with Crippen LogP contribution in [0.2, 0.25) is 0 Å². The van der Waals surface area contributed by atoms with E-state index in [9.17, 15) is 9.59 Å². The van der Waals surface area contributed by atoms with Crippen LogP contribution in [0.25, 0.3) is 10.2 Å². The van der Waals surface area contributed by atoms with Crippen molar-refractivity contribution in [3.05, 3.63) is 33.4 Å². The first-order valence-corrected chi connectivity index (χ1v) is 6.62. The van der Waals surface area contributed by atoms with Crippen molar-refractivity contribution >= 4 is 33.3 Å². The lowest BCUT2D eigenvalue weighted by atomic mass is 10.0. The number of rotatable bonds is 1. The van der Waals surface area contributed by atoms with Crippen molar-refractivity contribution in [1.29, 1.82) is 0 Å². The van der Waals surface area contributed by atoms with Gasteiger partial charge in [0.25, 0.3) is 0 Å². The maximum Gasteiger partial charge on any atom is 0.335 e. The Morgan fingerprint density at radius 1 is 1.37 bits per heavy atom. The van der Waals surface area contributed by atoms with Crippen molar-refractivity contribution < 1.29 is 4.79 Å². The molecule has 0 spiro atoms. The van der Waals surface area contributed by atoms with Gasteiger partial charge in [-0.1, -0.05) is 17.4 Å². The molecule has 0 aliphatic carbocycles. The minimum Gasteiger partial charge on any atom is -0.328 e. The van der Waals surface area contributed by atoms with Crippen molar-refractivity contribution in [3.8, 4) is 0 Å². The highest BCUT2D eigenvalue weighted by Gasteiger charge is 2.20. The highest BCUT2D eigenvalue weighted by Crippen LogP contribution is 2.19. The molecule has 1 aliphatic rings. The molecule has 0 saturated heterocycles. The molecular formula is C12H12N4O2S. The molecule has 2 N–H and O–H groups in total. The number of carbonyl (C=O) groups is 1. The summed E-state index contributed by atoms with van der Waals surface area (Å²) < 4.78 is 2.56. The van der Waals surface area contributed by atoms with Crippen molar-refractivity contribution in [2.75, 3.05) is 0 Å². The minimum atomic E-state index is -0.305. The number of amides is 2. The molecule has 2 heterocycles. The quantitative estimate of drug-likeness (QED) is 0.815. The summed E-state index contributed by atoms with van der Waals surface area (Å²) in [7, 11) is 1.75. The normalized spacial score (nSPS) is 18.9. The van der Waals surface area contributed by atoms with Gasteiger partial charge < -0.3 is 9.88 Å². The largest absolute Gasteiger partial charge is 0.335 e. The number of nitrogens with zero attached hydrogens (tertiary/aromatic N) is 2. The van der Waals surface area contributed by atoms with Gasteiger partial charge >= 0.3 is 10.9 Å². The number of nitrogens with one attached hydrogen (secondary N) is 2. The molecule has 19 heavy (non-hydrogen) atoms. The Bertz CT molecular complexity index is 759. The summed E-state index contributed by atoms with van der Waals surface area (Å²) in [6, 6.07) is 5.26. The van der Waals surface area contributed by atoms with Crippen LogP contribution in [-0.4, -0.2) is 22.4 Å². The molecule has 2 aromatic rings. The zero-order chi connectivity index (χ0) is 13.6.